The maximum absolute atomic E-state index is 13.2. The van der Waals surface area contributed by atoms with Gasteiger partial charge in [0.15, 0.2) is 12.0 Å². The molecule has 3 heterocycles. The molecule has 1 fully saturated rings. The van der Waals surface area contributed by atoms with Crippen LogP contribution in [0, 0.1) is 0 Å². The van der Waals surface area contributed by atoms with Gasteiger partial charge in [0.1, 0.15) is 0 Å². The predicted octanol–water partition coefficient (Wildman–Crippen LogP) is 3.51. The number of carbonyl (C=O) groups excluding carboxylic acids is 1. The largest absolute Gasteiger partial charge is 0.434 e. The molecule has 21 heavy (non-hydrogen) atoms. The van der Waals surface area contributed by atoms with Crippen LogP contribution in [0.15, 0.2) is 5.38 Å². The molecule has 0 radical (unpaired) electrons. The number of aldehydes is 1. The molecular weight excluding hydrogens is 303 g/mol. The monoisotopic (exact) mass is 315 g/mol. The second-order valence-electron chi connectivity index (χ2n) is 4.90. The van der Waals surface area contributed by atoms with Gasteiger partial charge in [-0.25, -0.2) is 9.97 Å². The molecule has 112 valence electrons. The van der Waals surface area contributed by atoms with E-state index in [2.05, 4.69) is 9.97 Å². The van der Waals surface area contributed by atoms with Crippen molar-refractivity contribution in [3.8, 4) is 0 Å². The summed E-state index contributed by atoms with van der Waals surface area (Å²) in [4.78, 5) is 20.7. The normalized spacial score (nSPS) is 16.4. The van der Waals surface area contributed by atoms with Crippen molar-refractivity contribution < 1.29 is 18.0 Å². The van der Waals surface area contributed by atoms with Gasteiger partial charge in [-0.05, 0) is 19.3 Å². The summed E-state index contributed by atoms with van der Waals surface area (Å²) in [5, 5.41) is 1.39. The SMILES string of the molecule is O=Cc1csc2c(C(F)(F)F)nc(N3CCCCC3)nc12. The molecule has 1 saturated heterocycles. The molecule has 0 atom stereocenters. The lowest BCUT2D eigenvalue weighted by atomic mass is 10.1. The zero-order valence-corrected chi connectivity index (χ0v) is 11.8. The first kappa shape index (κ1) is 14.2. The summed E-state index contributed by atoms with van der Waals surface area (Å²) in [6.07, 6.45) is -1.15. The van der Waals surface area contributed by atoms with Crippen molar-refractivity contribution >= 4 is 33.8 Å². The lowest BCUT2D eigenvalue weighted by molar-refractivity contribution is -0.139. The Balaban J connectivity index is 2.19. The highest BCUT2D eigenvalue weighted by Crippen LogP contribution is 2.38. The molecule has 0 spiro atoms. The maximum atomic E-state index is 13.2. The van der Waals surface area contributed by atoms with Gasteiger partial charge < -0.3 is 4.90 Å². The molecule has 2 aromatic rings. The van der Waals surface area contributed by atoms with Crippen LogP contribution in [-0.2, 0) is 6.18 Å². The van der Waals surface area contributed by atoms with Crippen LogP contribution in [0.5, 0.6) is 0 Å². The van der Waals surface area contributed by atoms with Gasteiger partial charge in [-0.3, -0.25) is 4.79 Å². The van der Waals surface area contributed by atoms with E-state index < -0.39 is 11.9 Å². The van der Waals surface area contributed by atoms with Gasteiger partial charge in [0, 0.05) is 18.5 Å². The summed E-state index contributed by atoms with van der Waals surface area (Å²) < 4.78 is 39.5. The smallest absolute Gasteiger partial charge is 0.341 e. The van der Waals surface area contributed by atoms with Crippen LogP contribution in [-0.4, -0.2) is 29.3 Å². The molecule has 0 bridgehead atoms. The van der Waals surface area contributed by atoms with Gasteiger partial charge in [-0.1, -0.05) is 0 Å². The number of nitrogens with zero attached hydrogens (tertiary/aromatic N) is 3. The number of hydrogen-bond donors (Lipinski definition) is 0. The van der Waals surface area contributed by atoms with E-state index in [-0.39, 0.29) is 21.7 Å². The number of carbonyl (C=O) groups is 1. The topological polar surface area (TPSA) is 46.1 Å². The van der Waals surface area contributed by atoms with Crippen molar-refractivity contribution in [2.75, 3.05) is 18.0 Å². The van der Waals surface area contributed by atoms with E-state index in [1.165, 1.54) is 5.38 Å². The van der Waals surface area contributed by atoms with E-state index >= 15 is 0 Å². The predicted molar refractivity (Wildman–Crippen MR) is 73.9 cm³/mol. The molecule has 1 aliphatic heterocycles. The molecule has 0 unspecified atom stereocenters. The van der Waals surface area contributed by atoms with E-state index in [1.807, 2.05) is 0 Å². The first-order valence-electron chi connectivity index (χ1n) is 6.57. The molecule has 0 aliphatic carbocycles. The van der Waals surface area contributed by atoms with Crippen molar-refractivity contribution in [1.82, 2.24) is 9.97 Å². The second kappa shape index (κ2) is 5.25. The number of fused-ring (bicyclic) bond motifs is 1. The Morgan fingerprint density at radius 2 is 1.90 bits per heavy atom. The molecule has 1 aliphatic rings. The molecule has 8 heteroatoms. The third-order valence-corrected chi connectivity index (χ3v) is 4.46. The van der Waals surface area contributed by atoms with E-state index in [1.54, 1.807) is 4.90 Å². The molecule has 2 aromatic heterocycles. The van der Waals surface area contributed by atoms with Crippen molar-refractivity contribution in [3.63, 3.8) is 0 Å². The van der Waals surface area contributed by atoms with Crippen molar-refractivity contribution in [2.45, 2.75) is 25.4 Å². The minimum Gasteiger partial charge on any atom is -0.341 e. The van der Waals surface area contributed by atoms with E-state index in [0.29, 0.717) is 19.4 Å². The fourth-order valence-electron chi connectivity index (χ4n) is 2.44. The van der Waals surface area contributed by atoms with Crippen molar-refractivity contribution in [2.24, 2.45) is 0 Å². The van der Waals surface area contributed by atoms with Crippen LogP contribution < -0.4 is 4.90 Å². The van der Waals surface area contributed by atoms with Crippen LogP contribution >= 0.6 is 11.3 Å². The fourth-order valence-corrected chi connectivity index (χ4v) is 3.40. The van der Waals surface area contributed by atoms with Crippen LogP contribution in [0.25, 0.3) is 10.2 Å². The highest BCUT2D eigenvalue weighted by molar-refractivity contribution is 7.17. The van der Waals surface area contributed by atoms with Gasteiger partial charge in [-0.2, -0.15) is 13.2 Å². The molecule has 0 N–H and O–H groups in total. The average Bonchev–Trinajstić information content (AvgIpc) is 2.89. The number of halogens is 3. The number of thiophene rings is 1. The minimum absolute atomic E-state index is 0.0658. The first-order valence-corrected chi connectivity index (χ1v) is 7.45. The Kier molecular flexibility index (Phi) is 3.56. The third-order valence-electron chi connectivity index (χ3n) is 3.47. The quantitative estimate of drug-likeness (QED) is 0.796. The molecule has 0 saturated carbocycles. The van der Waals surface area contributed by atoms with Gasteiger partial charge in [0.25, 0.3) is 0 Å². The van der Waals surface area contributed by atoms with Gasteiger partial charge in [0.05, 0.1) is 15.8 Å². The van der Waals surface area contributed by atoms with E-state index in [4.69, 9.17) is 0 Å². The van der Waals surface area contributed by atoms with Gasteiger partial charge >= 0.3 is 6.18 Å². The van der Waals surface area contributed by atoms with Crippen molar-refractivity contribution in [3.05, 3.63) is 16.6 Å². The number of hydrogen-bond acceptors (Lipinski definition) is 5. The van der Waals surface area contributed by atoms with Crippen molar-refractivity contribution in [1.29, 1.82) is 0 Å². The summed E-state index contributed by atoms with van der Waals surface area (Å²) in [5.74, 6) is 0.0658. The second-order valence-corrected chi connectivity index (χ2v) is 5.78. The fraction of sp³-hybridized carbons (Fsp3) is 0.462. The minimum atomic E-state index is -4.56. The number of aromatic nitrogens is 2. The molecule has 0 aromatic carbocycles. The lowest BCUT2D eigenvalue weighted by Crippen LogP contribution is -2.31. The van der Waals surface area contributed by atoms with Crippen LogP contribution in [0.2, 0.25) is 0 Å². The summed E-state index contributed by atoms with van der Waals surface area (Å²) in [5.41, 5.74) is -0.676. The van der Waals surface area contributed by atoms with Gasteiger partial charge in [0.2, 0.25) is 5.95 Å². The number of anilines is 1. The van der Waals surface area contributed by atoms with Crippen LogP contribution in [0.3, 0.4) is 0 Å². The average molecular weight is 315 g/mol. The Bertz CT molecular complexity index is 677. The lowest BCUT2D eigenvalue weighted by Gasteiger charge is -2.27. The Hall–Kier alpha value is -1.70. The van der Waals surface area contributed by atoms with Crippen LogP contribution in [0.4, 0.5) is 19.1 Å². The Morgan fingerprint density at radius 3 is 2.52 bits per heavy atom. The molecular formula is C13H12F3N3OS. The van der Waals surface area contributed by atoms with Gasteiger partial charge in [-0.15, -0.1) is 11.3 Å². The zero-order valence-electron chi connectivity index (χ0n) is 11.0. The number of rotatable bonds is 2. The molecule has 3 rings (SSSR count). The number of piperidine rings is 1. The third kappa shape index (κ3) is 2.59. The van der Waals surface area contributed by atoms with E-state index in [0.717, 1.165) is 30.6 Å². The zero-order chi connectivity index (χ0) is 15.0. The first-order chi connectivity index (χ1) is 10.0. The molecule has 4 nitrogen and oxygen atoms in total. The maximum Gasteiger partial charge on any atom is 0.434 e. The Morgan fingerprint density at radius 1 is 1.19 bits per heavy atom. The Labute approximate surface area is 122 Å². The van der Waals surface area contributed by atoms with Crippen LogP contribution in [0.1, 0.15) is 35.3 Å². The summed E-state index contributed by atoms with van der Waals surface area (Å²) in [7, 11) is 0. The summed E-state index contributed by atoms with van der Waals surface area (Å²) in [6.45, 7) is 1.28. The highest BCUT2D eigenvalue weighted by atomic mass is 32.1. The molecule has 0 amide bonds. The summed E-state index contributed by atoms with van der Waals surface area (Å²) >= 11 is 0.853. The van der Waals surface area contributed by atoms with E-state index in [9.17, 15) is 18.0 Å². The summed E-state index contributed by atoms with van der Waals surface area (Å²) in [6, 6.07) is 0. The highest BCUT2D eigenvalue weighted by Gasteiger charge is 2.37. The standard InChI is InChI=1S/C13H12F3N3OS/c14-13(15,16)11-10-9(8(6-20)7-21-10)17-12(18-11)19-4-2-1-3-5-19/h6-7H,1-5H2. The number of alkyl halides is 3.